The first kappa shape index (κ1) is 14.6. The molecule has 1 heterocycles. The summed E-state index contributed by atoms with van der Waals surface area (Å²) in [5.74, 6) is 0.826. The zero-order valence-corrected chi connectivity index (χ0v) is 13.4. The Hall–Kier alpha value is -0.850. The molecule has 0 bridgehead atoms. The molecule has 0 spiro atoms. The van der Waals surface area contributed by atoms with Crippen molar-refractivity contribution in [3.05, 3.63) is 35.6 Å². The number of halogens is 2. The third kappa shape index (κ3) is 3.01. The normalized spacial score (nSPS) is 19.7. The van der Waals surface area contributed by atoms with E-state index in [1.165, 1.54) is 6.07 Å². The summed E-state index contributed by atoms with van der Waals surface area (Å²) in [6, 6.07) is 6.98. The number of guanidine groups is 1. The van der Waals surface area contributed by atoms with E-state index in [1.807, 2.05) is 13.1 Å². The molecule has 19 heavy (non-hydrogen) atoms. The predicted molar refractivity (Wildman–Crippen MR) is 85.7 cm³/mol. The van der Waals surface area contributed by atoms with Crippen LogP contribution in [0.1, 0.15) is 18.4 Å². The van der Waals surface area contributed by atoms with Gasteiger partial charge in [-0.25, -0.2) is 4.39 Å². The van der Waals surface area contributed by atoms with Crippen LogP contribution >= 0.6 is 24.0 Å². The van der Waals surface area contributed by atoms with E-state index in [-0.39, 0.29) is 35.2 Å². The second-order valence-electron chi connectivity index (χ2n) is 5.27. The molecule has 0 aromatic heterocycles. The highest BCUT2D eigenvalue weighted by molar-refractivity contribution is 14.0. The van der Waals surface area contributed by atoms with Crippen molar-refractivity contribution in [2.45, 2.75) is 18.3 Å². The van der Waals surface area contributed by atoms with Gasteiger partial charge in [0.1, 0.15) is 5.82 Å². The maximum atomic E-state index is 13.3. The molecular formula is C14H19FIN3. The molecule has 1 aliphatic carbocycles. The zero-order chi connectivity index (χ0) is 12.6. The Labute approximate surface area is 130 Å². The molecule has 0 saturated heterocycles. The molecule has 1 aromatic rings. The number of likely N-dealkylation sites (N-methyl/N-ethyl adjacent to an activating group) is 1. The first-order chi connectivity index (χ1) is 8.70. The standard InChI is InChI=1S/C14H18FN3.HI/c1-18-8-7-16-13(18)17-10-14(5-6-14)11-3-2-4-12(15)9-11;/h2-4,9H,5-8,10H2,1H3,(H,16,17);1H. The summed E-state index contributed by atoms with van der Waals surface area (Å²) >= 11 is 0. The molecule has 5 heteroatoms. The molecule has 104 valence electrons. The molecule has 0 atom stereocenters. The summed E-state index contributed by atoms with van der Waals surface area (Å²) in [7, 11) is 2.04. The summed E-state index contributed by atoms with van der Waals surface area (Å²) in [6.07, 6.45) is 2.25. The van der Waals surface area contributed by atoms with E-state index in [2.05, 4.69) is 15.2 Å². The second kappa shape index (κ2) is 5.64. The topological polar surface area (TPSA) is 27.6 Å². The van der Waals surface area contributed by atoms with Crippen molar-refractivity contribution in [3.8, 4) is 0 Å². The minimum absolute atomic E-state index is 0. The lowest BCUT2D eigenvalue weighted by Crippen LogP contribution is -2.39. The van der Waals surface area contributed by atoms with E-state index in [4.69, 9.17) is 0 Å². The maximum Gasteiger partial charge on any atom is 0.193 e. The van der Waals surface area contributed by atoms with Crippen LogP contribution in [0.5, 0.6) is 0 Å². The van der Waals surface area contributed by atoms with Gasteiger partial charge in [0.05, 0.1) is 6.54 Å². The first-order valence-corrected chi connectivity index (χ1v) is 6.45. The van der Waals surface area contributed by atoms with E-state index >= 15 is 0 Å². The fraction of sp³-hybridized carbons (Fsp3) is 0.500. The molecule has 0 amide bonds. The Morgan fingerprint density at radius 3 is 2.79 bits per heavy atom. The molecule has 3 rings (SSSR count). The Balaban J connectivity index is 0.00000133. The van der Waals surface area contributed by atoms with Gasteiger partial charge in [-0.3, -0.25) is 4.99 Å². The van der Waals surface area contributed by atoms with Crippen LogP contribution in [-0.2, 0) is 5.41 Å². The molecule has 1 N–H and O–H groups in total. The van der Waals surface area contributed by atoms with Crippen molar-refractivity contribution < 1.29 is 4.39 Å². The smallest absolute Gasteiger partial charge is 0.193 e. The first-order valence-electron chi connectivity index (χ1n) is 6.45. The second-order valence-corrected chi connectivity index (χ2v) is 5.27. The van der Waals surface area contributed by atoms with Crippen molar-refractivity contribution in [1.82, 2.24) is 10.2 Å². The van der Waals surface area contributed by atoms with E-state index in [0.717, 1.165) is 44.0 Å². The van der Waals surface area contributed by atoms with Gasteiger partial charge < -0.3 is 10.2 Å². The van der Waals surface area contributed by atoms with Crippen LogP contribution in [0.3, 0.4) is 0 Å². The maximum absolute atomic E-state index is 13.3. The predicted octanol–water partition coefficient (Wildman–Crippen LogP) is 2.37. The van der Waals surface area contributed by atoms with Crippen molar-refractivity contribution >= 4 is 29.9 Å². The third-order valence-electron chi connectivity index (χ3n) is 3.93. The summed E-state index contributed by atoms with van der Waals surface area (Å²) in [6.45, 7) is 2.70. The van der Waals surface area contributed by atoms with Gasteiger partial charge in [-0.05, 0) is 30.5 Å². The molecule has 2 aliphatic rings. The Morgan fingerprint density at radius 2 is 2.21 bits per heavy atom. The van der Waals surface area contributed by atoms with Gasteiger partial charge in [0.25, 0.3) is 0 Å². The van der Waals surface area contributed by atoms with Crippen LogP contribution in [0.15, 0.2) is 29.3 Å². The van der Waals surface area contributed by atoms with Crippen molar-refractivity contribution in [1.29, 1.82) is 0 Å². The lowest BCUT2D eigenvalue weighted by Gasteiger charge is -2.20. The molecule has 0 radical (unpaired) electrons. The molecular weight excluding hydrogens is 356 g/mol. The van der Waals surface area contributed by atoms with Crippen molar-refractivity contribution in [2.24, 2.45) is 4.99 Å². The highest BCUT2D eigenvalue weighted by atomic mass is 127. The van der Waals surface area contributed by atoms with Crippen LogP contribution in [-0.4, -0.2) is 37.5 Å². The number of nitrogens with one attached hydrogen (secondary N) is 1. The van der Waals surface area contributed by atoms with Crippen molar-refractivity contribution in [2.75, 3.05) is 26.7 Å². The quantitative estimate of drug-likeness (QED) is 0.822. The minimum Gasteiger partial charge on any atom is -0.355 e. The number of aliphatic imine (C=N–C) groups is 1. The van der Waals surface area contributed by atoms with Gasteiger partial charge in [0.2, 0.25) is 0 Å². The molecule has 1 aliphatic heterocycles. The van der Waals surface area contributed by atoms with Gasteiger partial charge in [0.15, 0.2) is 5.96 Å². The lowest BCUT2D eigenvalue weighted by atomic mass is 9.96. The number of nitrogens with zero attached hydrogens (tertiary/aromatic N) is 2. The molecule has 0 unspecified atom stereocenters. The number of benzene rings is 1. The van der Waals surface area contributed by atoms with Gasteiger partial charge in [-0.1, -0.05) is 12.1 Å². The Morgan fingerprint density at radius 1 is 1.42 bits per heavy atom. The van der Waals surface area contributed by atoms with Crippen LogP contribution in [0.2, 0.25) is 0 Å². The van der Waals surface area contributed by atoms with Crippen LogP contribution < -0.4 is 5.32 Å². The third-order valence-corrected chi connectivity index (χ3v) is 3.93. The lowest BCUT2D eigenvalue weighted by molar-refractivity contribution is 0.523. The number of rotatable bonds is 3. The van der Waals surface area contributed by atoms with E-state index < -0.39 is 0 Å². The van der Waals surface area contributed by atoms with E-state index in [1.54, 1.807) is 12.1 Å². The van der Waals surface area contributed by atoms with Crippen molar-refractivity contribution in [3.63, 3.8) is 0 Å². The Bertz CT molecular complexity index is 485. The fourth-order valence-corrected chi connectivity index (χ4v) is 2.51. The van der Waals surface area contributed by atoms with Gasteiger partial charge >= 0.3 is 0 Å². The van der Waals surface area contributed by atoms with Crippen LogP contribution in [0.25, 0.3) is 0 Å². The fourth-order valence-electron chi connectivity index (χ4n) is 2.51. The van der Waals surface area contributed by atoms with Gasteiger partial charge in [-0.2, -0.15) is 0 Å². The van der Waals surface area contributed by atoms with E-state index in [0.29, 0.717) is 0 Å². The Kier molecular flexibility index (Phi) is 4.32. The zero-order valence-electron chi connectivity index (χ0n) is 11.0. The minimum atomic E-state index is -0.144. The summed E-state index contributed by atoms with van der Waals surface area (Å²) < 4.78 is 13.3. The average Bonchev–Trinajstić information content (AvgIpc) is 3.05. The number of hydrogen-bond acceptors (Lipinski definition) is 3. The highest BCUT2D eigenvalue weighted by Gasteiger charge is 2.44. The van der Waals surface area contributed by atoms with Crippen LogP contribution in [0, 0.1) is 5.82 Å². The van der Waals surface area contributed by atoms with Gasteiger partial charge in [0, 0.05) is 25.6 Å². The molecule has 1 aromatic carbocycles. The average molecular weight is 375 g/mol. The highest BCUT2D eigenvalue weighted by Crippen LogP contribution is 2.47. The SMILES string of the molecule is CN1CCN=C1NCC1(c2cccc(F)c2)CC1.I. The largest absolute Gasteiger partial charge is 0.355 e. The molecule has 1 fully saturated rings. The van der Waals surface area contributed by atoms with E-state index in [9.17, 15) is 4.39 Å². The summed E-state index contributed by atoms with van der Waals surface area (Å²) in [4.78, 5) is 6.54. The van der Waals surface area contributed by atoms with Gasteiger partial charge in [-0.15, -0.1) is 24.0 Å². The summed E-state index contributed by atoms with van der Waals surface area (Å²) in [5.41, 5.74) is 1.23. The molecule has 1 saturated carbocycles. The number of hydrogen-bond donors (Lipinski definition) is 1. The van der Waals surface area contributed by atoms with Crippen LogP contribution in [0.4, 0.5) is 4.39 Å². The molecule has 3 nitrogen and oxygen atoms in total. The summed E-state index contributed by atoms with van der Waals surface area (Å²) in [5, 5.41) is 3.41. The monoisotopic (exact) mass is 375 g/mol.